The van der Waals surface area contributed by atoms with Gasteiger partial charge >= 0.3 is 0 Å². The molecule has 0 aliphatic carbocycles. The van der Waals surface area contributed by atoms with Crippen molar-refractivity contribution in [3.05, 3.63) is 30.4 Å². The van der Waals surface area contributed by atoms with Crippen LogP contribution in [-0.2, 0) is 4.74 Å². The van der Waals surface area contributed by atoms with Gasteiger partial charge in [0.1, 0.15) is 0 Å². The Morgan fingerprint density at radius 1 is 1.41 bits per heavy atom. The first-order valence-corrected chi connectivity index (χ1v) is 5.48. The second-order valence-corrected chi connectivity index (χ2v) is 3.78. The summed E-state index contributed by atoms with van der Waals surface area (Å²) in [6.07, 6.45) is 3.40. The molecule has 0 amide bonds. The number of hydrogen-bond donors (Lipinski definition) is 1. The molecule has 6 nitrogen and oxygen atoms in total. The SMILES string of the molecule is c1cncc(-c2nc([C@H]3COCCN3)no2)c1. The molecule has 0 aromatic carbocycles. The summed E-state index contributed by atoms with van der Waals surface area (Å²) in [5, 5.41) is 7.23. The second-order valence-electron chi connectivity index (χ2n) is 3.78. The summed E-state index contributed by atoms with van der Waals surface area (Å²) in [6.45, 7) is 2.11. The van der Waals surface area contributed by atoms with Gasteiger partial charge < -0.3 is 14.6 Å². The average molecular weight is 232 g/mol. The Kier molecular flexibility index (Phi) is 2.81. The normalized spacial score (nSPS) is 20.4. The molecule has 88 valence electrons. The number of nitrogens with one attached hydrogen (secondary N) is 1. The largest absolute Gasteiger partial charge is 0.378 e. The van der Waals surface area contributed by atoms with E-state index in [1.54, 1.807) is 12.4 Å². The van der Waals surface area contributed by atoms with Crippen molar-refractivity contribution >= 4 is 0 Å². The van der Waals surface area contributed by atoms with E-state index in [-0.39, 0.29) is 6.04 Å². The summed E-state index contributed by atoms with van der Waals surface area (Å²) >= 11 is 0. The van der Waals surface area contributed by atoms with Gasteiger partial charge in [-0.05, 0) is 12.1 Å². The molecule has 0 unspecified atom stereocenters. The zero-order valence-electron chi connectivity index (χ0n) is 9.17. The molecule has 0 bridgehead atoms. The first-order valence-electron chi connectivity index (χ1n) is 5.48. The fraction of sp³-hybridized carbons (Fsp3) is 0.364. The van der Waals surface area contributed by atoms with Crippen LogP contribution in [0.2, 0.25) is 0 Å². The van der Waals surface area contributed by atoms with Crippen LogP contribution >= 0.6 is 0 Å². The van der Waals surface area contributed by atoms with E-state index in [0.29, 0.717) is 18.3 Å². The van der Waals surface area contributed by atoms with Crippen molar-refractivity contribution in [3.8, 4) is 11.5 Å². The van der Waals surface area contributed by atoms with Crippen LogP contribution in [0.25, 0.3) is 11.5 Å². The number of ether oxygens (including phenoxy) is 1. The van der Waals surface area contributed by atoms with Gasteiger partial charge in [-0.1, -0.05) is 5.16 Å². The van der Waals surface area contributed by atoms with Crippen molar-refractivity contribution in [3.63, 3.8) is 0 Å². The molecule has 2 aromatic rings. The standard InChI is InChI=1S/C11H12N4O2/c1-2-8(6-12-3-1)11-14-10(15-17-11)9-7-16-5-4-13-9/h1-3,6,9,13H,4-5,7H2/t9-/m1/s1. The predicted octanol–water partition coefficient (Wildman–Crippen LogP) is 0.792. The number of rotatable bonds is 2. The van der Waals surface area contributed by atoms with Crippen LogP contribution in [-0.4, -0.2) is 34.9 Å². The van der Waals surface area contributed by atoms with Crippen molar-refractivity contribution in [2.75, 3.05) is 19.8 Å². The Balaban J connectivity index is 1.83. The molecule has 17 heavy (non-hydrogen) atoms. The highest BCUT2D eigenvalue weighted by atomic mass is 16.5. The maximum absolute atomic E-state index is 5.35. The number of pyridine rings is 1. The maximum Gasteiger partial charge on any atom is 0.259 e. The van der Waals surface area contributed by atoms with Gasteiger partial charge in [-0.2, -0.15) is 4.98 Å². The van der Waals surface area contributed by atoms with Crippen molar-refractivity contribution in [2.45, 2.75) is 6.04 Å². The van der Waals surface area contributed by atoms with Gasteiger partial charge in [0.05, 0.1) is 24.8 Å². The van der Waals surface area contributed by atoms with Crippen LogP contribution in [0.4, 0.5) is 0 Å². The molecule has 0 radical (unpaired) electrons. The van der Waals surface area contributed by atoms with Gasteiger partial charge in [0.2, 0.25) is 0 Å². The summed E-state index contributed by atoms with van der Waals surface area (Å²) in [4.78, 5) is 8.36. The van der Waals surface area contributed by atoms with E-state index in [9.17, 15) is 0 Å². The number of aromatic nitrogens is 3. The number of morpholine rings is 1. The molecule has 3 rings (SSSR count). The third-order valence-electron chi connectivity index (χ3n) is 2.58. The topological polar surface area (TPSA) is 73.1 Å². The highest BCUT2D eigenvalue weighted by Crippen LogP contribution is 2.19. The third-order valence-corrected chi connectivity index (χ3v) is 2.58. The lowest BCUT2D eigenvalue weighted by Crippen LogP contribution is -2.35. The second kappa shape index (κ2) is 4.60. The van der Waals surface area contributed by atoms with Crippen LogP contribution in [0.3, 0.4) is 0 Å². The van der Waals surface area contributed by atoms with Gasteiger partial charge in [0.25, 0.3) is 5.89 Å². The summed E-state index contributed by atoms with van der Waals surface area (Å²) in [7, 11) is 0. The smallest absolute Gasteiger partial charge is 0.259 e. The average Bonchev–Trinajstić information content (AvgIpc) is 2.90. The molecular weight excluding hydrogens is 220 g/mol. The third kappa shape index (κ3) is 2.17. The Morgan fingerprint density at radius 2 is 2.41 bits per heavy atom. The summed E-state index contributed by atoms with van der Waals surface area (Å²) in [5.41, 5.74) is 0.822. The van der Waals surface area contributed by atoms with E-state index in [1.165, 1.54) is 0 Å². The van der Waals surface area contributed by atoms with E-state index >= 15 is 0 Å². The minimum atomic E-state index is 0.0120. The Morgan fingerprint density at radius 3 is 3.18 bits per heavy atom. The van der Waals surface area contributed by atoms with Crippen molar-refractivity contribution < 1.29 is 9.26 Å². The zero-order valence-corrected chi connectivity index (χ0v) is 9.17. The molecular formula is C11H12N4O2. The monoisotopic (exact) mass is 232 g/mol. The molecule has 3 heterocycles. The Labute approximate surface area is 98.0 Å². The zero-order chi connectivity index (χ0) is 11.5. The van der Waals surface area contributed by atoms with Crippen LogP contribution in [0.1, 0.15) is 11.9 Å². The summed E-state index contributed by atoms with van der Waals surface area (Å²) < 4.78 is 10.6. The maximum atomic E-state index is 5.35. The fourth-order valence-electron chi connectivity index (χ4n) is 1.71. The highest BCUT2D eigenvalue weighted by Gasteiger charge is 2.21. The van der Waals surface area contributed by atoms with E-state index in [0.717, 1.165) is 18.7 Å². The number of hydrogen-bond acceptors (Lipinski definition) is 6. The quantitative estimate of drug-likeness (QED) is 0.825. The predicted molar refractivity (Wildman–Crippen MR) is 59.1 cm³/mol. The van der Waals surface area contributed by atoms with E-state index < -0.39 is 0 Å². The van der Waals surface area contributed by atoms with Crippen molar-refractivity contribution in [1.29, 1.82) is 0 Å². The van der Waals surface area contributed by atoms with Gasteiger partial charge in [-0.15, -0.1) is 0 Å². The first-order chi connectivity index (χ1) is 8.43. The van der Waals surface area contributed by atoms with E-state index in [4.69, 9.17) is 9.26 Å². The molecule has 2 aromatic heterocycles. The molecule has 0 spiro atoms. The first kappa shape index (κ1) is 10.4. The van der Waals surface area contributed by atoms with Gasteiger partial charge in [-0.3, -0.25) is 4.98 Å². The fourth-order valence-corrected chi connectivity index (χ4v) is 1.71. The van der Waals surface area contributed by atoms with Crippen molar-refractivity contribution in [2.24, 2.45) is 0 Å². The van der Waals surface area contributed by atoms with Crippen LogP contribution in [0, 0.1) is 0 Å². The number of nitrogens with zero attached hydrogens (tertiary/aromatic N) is 3. The Bertz CT molecular complexity index is 479. The minimum absolute atomic E-state index is 0.0120. The molecule has 6 heteroatoms. The molecule has 1 aliphatic rings. The van der Waals surface area contributed by atoms with E-state index in [1.807, 2.05) is 12.1 Å². The molecule has 1 N–H and O–H groups in total. The van der Waals surface area contributed by atoms with Crippen LogP contribution in [0.5, 0.6) is 0 Å². The Hall–Kier alpha value is -1.79. The molecule has 1 fully saturated rings. The molecule has 1 atom stereocenters. The van der Waals surface area contributed by atoms with Gasteiger partial charge in [-0.25, -0.2) is 0 Å². The van der Waals surface area contributed by atoms with Crippen LogP contribution < -0.4 is 5.32 Å². The molecule has 0 saturated carbocycles. The van der Waals surface area contributed by atoms with Gasteiger partial charge in [0.15, 0.2) is 5.82 Å². The summed E-state index contributed by atoms with van der Waals surface area (Å²) in [6, 6.07) is 3.73. The molecule has 1 saturated heterocycles. The molecule has 1 aliphatic heterocycles. The van der Waals surface area contributed by atoms with Crippen molar-refractivity contribution in [1.82, 2.24) is 20.4 Å². The summed E-state index contributed by atoms with van der Waals surface area (Å²) in [5.74, 6) is 1.11. The lowest BCUT2D eigenvalue weighted by molar-refractivity contribution is 0.0734. The minimum Gasteiger partial charge on any atom is -0.378 e. The lowest BCUT2D eigenvalue weighted by Gasteiger charge is -2.20. The lowest BCUT2D eigenvalue weighted by atomic mass is 10.2. The van der Waals surface area contributed by atoms with Gasteiger partial charge in [0, 0.05) is 18.9 Å². The van der Waals surface area contributed by atoms with E-state index in [2.05, 4.69) is 20.4 Å². The van der Waals surface area contributed by atoms with Crippen LogP contribution in [0.15, 0.2) is 29.0 Å². The highest BCUT2D eigenvalue weighted by molar-refractivity contribution is 5.50.